The van der Waals surface area contributed by atoms with Crippen molar-refractivity contribution < 1.29 is 9.53 Å². The maximum absolute atomic E-state index is 12.2. The molecule has 3 nitrogen and oxygen atoms in total. The Kier molecular flexibility index (Phi) is 5.11. The molecule has 1 aromatic carbocycles. The van der Waals surface area contributed by atoms with Crippen molar-refractivity contribution in [2.75, 3.05) is 19.7 Å². The van der Waals surface area contributed by atoms with Crippen LogP contribution in [0, 0.1) is 0 Å². The van der Waals surface area contributed by atoms with Crippen LogP contribution in [0.2, 0.25) is 0 Å². The maximum atomic E-state index is 12.2. The number of nitrogens with zero attached hydrogens (tertiary/aromatic N) is 1. The highest BCUT2D eigenvalue weighted by Gasteiger charge is 2.26. The Morgan fingerprint density at radius 1 is 1.37 bits per heavy atom. The fraction of sp³-hybridized carbons (Fsp3) is 0.562. The van der Waals surface area contributed by atoms with Gasteiger partial charge >= 0.3 is 0 Å². The molecule has 1 heterocycles. The van der Waals surface area contributed by atoms with E-state index < -0.39 is 0 Å². The summed E-state index contributed by atoms with van der Waals surface area (Å²) in [6.07, 6.45) is 1.79. The average Bonchev–Trinajstić information content (AvgIpc) is 2.40. The largest absolute Gasteiger partial charge is 0.376 e. The molecule has 1 fully saturated rings. The Morgan fingerprint density at radius 2 is 2.11 bits per heavy atom. The van der Waals surface area contributed by atoms with Crippen molar-refractivity contribution in [3.63, 3.8) is 0 Å². The minimum Gasteiger partial charge on any atom is -0.376 e. The lowest BCUT2D eigenvalue weighted by molar-refractivity contribution is -0.123. The molecule has 0 saturated carbocycles. The molecular formula is C16H23NO2. The third-order valence-corrected chi connectivity index (χ3v) is 3.68. The molecule has 0 N–H and O–H groups in total. The van der Waals surface area contributed by atoms with Gasteiger partial charge in [-0.15, -0.1) is 0 Å². The van der Waals surface area contributed by atoms with E-state index in [0.717, 1.165) is 25.1 Å². The van der Waals surface area contributed by atoms with Gasteiger partial charge in [-0.05, 0) is 18.9 Å². The maximum Gasteiger partial charge on any atom is 0.151 e. The minimum atomic E-state index is 0.229. The van der Waals surface area contributed by atoms with Gasteiger partial charge in [0.05, 0.1) is 19.3 Å². The third kappa shape index (κ3) is 4.15. The predicted molar refractivity (Wildman–Crippen MR) is 76.2 cm³/mol. The summed E-state index contributed by atoms with van der Waals surface area (Å²) in [6, 6.07) is 10.3. The molecule has 3 heteroatoms. The van der Waals surface area contributed by atoms with Crippen molar-refractivity contribution in [1.82, 2.24) is 4.90 Å². The molecule has 1 aliphatic heterocycles. The van der Waals surface area contributed by atoms with Gasteiger partial charge in [0.15, 0.2) is 5.78 Å². The average molecular weight is 261 g/mol. The molecule has 19 heavy (non-hydrogen) atoms. The zero-order chi connectivity index (χ0) is 13.7. The molecule has 2 unspecified atom stereocenters. The van der Waals surface area contributed by atoms with Crippen LogP contribution in [-0.4, -0.2) is 42.5 Å². The number of hydrogen-bond acceptors (Lipinski definition) is 3. The van der Waals surface area contributed by atoms with Gasteiger partial charge in [0.25, 0.3) is 0 Å². The van der Waals surface area contributed by atoms with Crippen molar-refractivity contribution in [2.24, 2.45) is 0 Å². The highest BCUT2D eigenvalue weighted by molar-refractivity contribution is 5.82. The quantitative estimate of drug-likeness (QED) is 0.814. The van der Waals surface area contributed by atoms with Crippen molar-refractivity contribution in [3.8, 4) is 0 Å². The van der Waals surface area contributed by atoms with Crippen molar-refractivity contribution >= 4 is 5.78 Å². The lowest BCUT2D eigenvalue weighted by atomic mass is 10.1. The van der Waals surface area contributed by atoms with Crippen LogP contribution in [-0.2, 0) is 16.0 Å². The smallest absolute Gasteiger partial charge is 0.151 e. The molecular weight excluding hydrogens is 238 g/mol. The third-order valence-electron chi connectivity index (χ3n) is 3.68. The van der Waals surface area contributed by atoms with E-state index in [1.165, 1.54) is 0 Å². The zero-order valence-electron chi connectivity index (χ0n) is 11.8. The van der Waals surface area contributed by atoms with E-state index in [1.54, 1.807) is 0 Å². The van der Waals surface area contributed by atoms with Gasteiger partial charge in [0.1, 0.15) is 0 Å². The highest BCUT2D eigenvalue weighted by Crippen LogP contribution is 2.14. The van der Waals surface area contributed by atoms with Gasteiger partial charge in [0.2, 0.25) is 0 Å². The van der Waals surface area contributed by atoms with Crippen LogP contribution < -0.4 is 0 Å². The first-order chi connectivity index (χ1) is 9.19. The minimum absolute atomic E-state index is 0.229. The van der Waals surface area contributed by atoms with Crippen LogP contribution in [0.5, 0.6) is 0 Å². The van der Waals surface area contributed by atoms with Crippen molar-refractivity contribution in [1.29, 1.82) is 0 Å². The van der Waals surface area contributed by atoms with Crippen molar-refractivity contribution in [3.05, 3.63) is 35.9 Å². The fourth-order valence-electron chi connectivity index (χ4n) is 2.59. The summed E-state index contributed by atoms with van der Waals surface area (Å²) in [5.74, 6) is 0.291. The Hall–Kier alpha value is -1.19. The molecule has 104 valence electrons. The van der Waals surface area contributed by atoms with Gasteiger partial charge in [-0.2, -0.15) is 0 Å². The Labute approximate surface area is 115 Å². The van der Waals surface area contributed by atoms with Gasteiger partial charge < -0.3 is 4.74 Å². The molecule has 2 rings (SSSR count). The topological polar surface area (TPSA) is 29.5 Å². The number of rotatable bonds is 5. The first kappa shape index (κ1) is 14.2. The zero-order valence-corrected chi connectivity index (χ0v) is 11.8. The lowest BCUT2D eigenvalue weighted by Gasteiger charge is -2.37. The van der Waals surface area contributed by atoms with Gasteiger partial charge in [-0.25, -0.2) is 0 Å². The lowest BCUT2D eigenvalue weighted by Crippen LogP contribution is -2.50. The summed E-state index contributed by atoms with van der Waals surface area (Å²) in [5.41, 5.74) is 1.10. The second kappa shape index (κ2) is 6.83. The van der Waals surface area contributed by atoms with Crippen LogP contribution in [0.1, 0.15) is 25.8 Å². The second-order valence-corrected chi connectivity index (χ2v) is 5.34. The summed E-state index contributed by atoms with van der Waals surface area (Å²) >= 11 is 0. The molecule has 1 saturated heterocycles. The predicted octanol–water partition coefficient (Wildman–Crippen LogP) is 2.30. The number of Topliss-reactive ketones (excluding diaryl/α,β-unsaturated/α-hetero) is 1. The Bertz CT molecular complexity index is 404. The normalized spacial score (nSPS) is 24.3. The van der Waals surface area contributed by atoms with E-state index in [4.69, 9.17) is 4.74 Å². The van der Waals surface area contributed by atoms with E-state index in [0.29, 0.717) is 24.8 Å². The Balaban J connectivity index is 1.90. The number of carbonyl (C=O) groups is 1. The van der Waals surface area contributed by atoms with Crippen LogP contribution >= 0.6 is 0 Å². The number of benzene rings is 1. The van der Waals surface area contributed by atoms with Gasteiger partial charge in [-0.1, -0.05) is 37.3 Å². The summed E-state index contributed by atoms with van der Waals surface area (Å²) in [7, 11) is 0. The second-order valence-electron chi connectivity index (χ2n) is 5.34. The van der Waals surface area contributed by atoms with E-state index in [2.05, 4.69) is 18.7 Å². The van der Waals surface area contributed by atoms with Gasteiger partial charge in [0, 0.05) is 19.0 Å². The highest BCUT2D eigenvalue weighted by atomic mass is 16.5. The van der Waals surface area contributed by atoms with E-state index in [-0.39, 0.29) is 6.10 Å². The molecule has 2 atom stereocenters. The van der Waals surface area contributed by atoms with Crippen LogP contribution in [0.4, 0.5) is 0 Å². The first-order valence-electron chi connectivity index (χ1n) is 7.10. The fourth-order valence-corrected chi connectivity index (χ4v) is 2.59. The molecule has 0 aromatic heterocycles. The van der Waals surface area contributed by atoms with Crippen LogP contribution in [0.3, 0.4) is 0 Å². The van der Waals surface area contributed by atoms with Crippen LogP contribution in [0.15, 0.2) is 30.3 Å². The number of ketones is 1. The van der Waals surface area contributed by atoms with Gasteiger partial charge in [-0.3, -0.25) is 9.69 Å². The monoisotopic (exact) mass is 261 g/mol. The summed E-state index contributed by atoms with van der Waals surface area (Å²) in [5, 5.41) is 0. The van der Waals surface area contributed by atoms with Crippen LogP contribution in [0.25, 0.3) is 0 Å². The van der Waals surface area contributed by atoms with E-state index in [9.17, 15) is 4.79 Å². The number of carbonyl (C=O) groups excluding carboxylic acids is 1. The number of ether oxygens (including phenoxy) is 1. The molecule has 0 radical (unpaired) electrons. The van der Waals surface area contributed by atoms with Crippen molar-refractivity contribution in [2.45, 2.75) is 38.8 Å². The molecule has 1 aromatic rings. The summed E-state index contributed by atoms with van der Waals surface area (Å²) in [4.78, 5) is 14.4. The van der Waals surface area contributed by atoms with E-state index >= 15 is 0 Å². The molecule has 0 bridgehead atoms. The Morgan fingerprint density at radius 3 is 2.79 bits per heavy atom. The summed E-state index contributed by atoms with van der Waals surface area (Å²) in [6.45, 7) is 6.37. The van der Waals surface area contributed by atoms with E-state index in [1.807, 2.05) is 30.3 Å². The number of morpholine rings is 1. The molecule has 0 aliphatic carbocycles. The summed E-state index contributed by atoms with van der Waals surface area (Å²) < 4.78 is 5.66. The number of hydrogen-bond donors (Lipinski definition) is 0. The SMILES string of the molecule is CCC1COC(C)CN1CC(=O)Cc1ccccc1. The molecule has 0 amide bonds. The first-order valence-corrected chi connectivity index (χ1v) is 7.10. The molecule has 0 spiro atoms. The molecule has 1 aliphatic rings. The standard InChI is InChI=1S/C16H23NO2/c1-3-15-12-19-13(2)10-17(15)11-16(18)9-14-7-5-4-6-8-14/h4-8,13,15H,3,9-12H2,1-2H3.